The maximum absolute atomic E-state index is 15.6. The van der Waals surface area contributed by atoms with Gasteiger partial charge in [0.05, 0.1) is 83.5 Å². The minimum absolute atomic E-state index is 0.0416. The van der Waals surface area contributed by atoms with Crippen LogP contribution < -0.4 is 27.2 Å². The van der Waals surface area contributed by atoms with Crippen LogP contribution in [-0.4, -0.2) is 143 Å². The van der Waals surface area contributed by atoms with E-state index >= 15 is 8.78 Å². The molecule has 0 spiro atoms. The summed E-state index contributed by atoms with van der Waals surface area (Å²) in [7, 11) is -0.761. The monoisotopic (exact) mass is 1580 g/mol. The first-order valence-electron chi connectivity index (χ1n) is 36.7. The van der Waals surface area contributed by atoms with Gasteiger partial charge in [-0.05, 0) is 174 Å². The van der Waals surface area contributed by atoms with Gasteiger partial charge in [0, 0.05) is 132 Å². The summed E-state index contributed by atoms with van der Waals surface area (Å²) >= 11 is 3.51. The number of aromatic nitrogens is 8. The molecule has 112 heavy (non-hydrogen) atoms. The highest BCUT2D eigenvalue weighted by Gasteiger charge is 2.52. The Morgan fingerprint density at radius 2 is 0.991 bits per heavy atom. The third-order valence-corrected chi connectivity index (χ3v) is 20.7. The van der Waals surface area contributed by atoms with Gasteiger partial charge in [-0.2, -0.15) is 19.6 Å². The number of anilines is 4. The van der Waals surface area contributed by atoms with Crippen molar-refractivity contribution in [1.29, 1.82) is 0 Å². The second-order valence-electron chi connectivity index (χ2n) is 30.6. The molecule has 0 unspecified atom stereocenters. The average Bonchev–Trinajstić information content (AvgIpc) is 1.74. The minimum atomic E-state index is -0.761. The molecule has 3 aliphatic rings. The molecule has 12 aromatic rings. The van der Waals surface area contributed by atoms with Crippen LogP contribution in [0.4, 0.5) is 31.5 Å². The molecule has 0 bridgehead atoms. The number of rotatable bonds is 14. The number of amides is 2. The first-order chi connectivity index (χ1) is 53.3. The molecule has 3 fully saturated rings. The van der Waals surface area contributed by atoms with Crippen molar-refractivity contribution in [3.05, 3.63) is 241 Å². The molecule has 3 saturated heterocycles. The van der Waals surface area contributed by atoms with Crippen LogP contribution in [0.2, 0.25) is 0 Å². The number of imidazole rings is 2. The van der Waals surface area contributed by atoms with Crippen LogP contribution in [0.15, 0.2) is 185 Å². The number of nitrogens with one attached hydrogen (secondary N) is 2. The number of esters is 2. The predicted molar refractivity (Wildman–Crippen MR) is 429 cm³/mol. The van der Waals surface area contributed by atoms with E-state index in [0.717, 1.165) is 53.2 Å². The highest BCUT2D eigenvalue weighted by Crippen LogP contribution is 2.39. The fourth-order valence-corrected chi connectivity index (χ4v) is 13.8. The van der Waals surface area contributed by atoms with Gasteiger partial charge in [-0.1, -0.05) is 65.8 Å². The molecule has 6 aromatic carbocycles. The molecule has 24 nitrogen and oxygen atoms in total. The number of benzene rings is 6. The molecule has 0 radical (unpaired) electrons. The van der Waals surface area contributed by atoms with Crippen molar-refractivity contribution in [1.82, 2.24) is 48.1 Å². The zero-order valence-electron chi connectivity index (χ0n) is 64.3. The predicted octanol–water partition coefficient (Wildman–Crippen LogP) is 13.9. The Balaban J connectivity index is 0.000000157. The number of halogens is 3. The van der Waals surface area contributed by atoms with E-state index < -0.39 is 53.0 Å². The maximum atomic E-state index is 15.6. The van der Waals surface area contributed by atoms with Gasteiger partial charge in [0.2, 0.25) is 0 Å². The summed E-state index contributed by atoms with van der Waals surface area (Å²) in [6.45, 7) is 26.6. The molecule has 0 atom stereocenters. The average molecular weight is 1580 g/mol. The largest absolute Gasteiger partial charge is 0.495 e. The van der Waals surface area contributed by atoms with Crippen LogP contribution in [0, 0.1) is 11.6 Å². The van der Waals surface area contributed by atoms with Crippen molar-refractivity contribution in [2.24, 2.45) is 0 Å². The fourth-order valence-electron chi connectivity index (χ4n) is 13.3. The van der Waals surface area contributed by atoms with Gasteiger partial charge in [-0.25, -0.2) is 18.7 Å². The second-order valence-corrected chi connectivity index (χ2v) is 31.5. The van der Waals surface area contributed by atoms with Crippen molar-refractivity contribution in [2.75, 3.05) is 63.2 Å². The van der Waals surface area contributed by atoms with Gasteiger partial charge in [0.1, 0.15) is 24.8 Å². The molecule has 9 heterocycles. The molecule has 0 aliphatic carbocycles. The van der Waals surface area contributed by atoms with E-state index in [9.17, 15) is 28.8 Å². The molecule has 6 aromatic heterocycles. The number of fused-ring (bicyclic) bond motifs is 4. The number of pyridine rings is 2. The first kappa shape index (κ1) is 78.8. The lowest BCUT2D eigenvalue weighted by Crippen LogP contribution is -2.41. The van der Waals surface area contributed by atoms with Crippen LogP contribution in [0.25, 0.3) is 55.3 Å². The number of hydrogen-bond acceptors (Lipinski definition) is 18. The van der Waals surface area contributed by atoms with Crippen LogP contribution in [0.5, 0.6) is 0 Å². The smallest absolute Gasteiger partial charge is 0.461 e. The molecule has 15 rings (SSSR count). The minimum Gasteiger partial charge on any atom is -0.461 e. The number of carbonyl (C=O) groups excluding carboxylic acids is 4. The van der Waals surface area contributed by atoms with E-state index in [4.69, 9.17) is 28.3 Å². The lowest BCUT2D eigenvalue weighted by molar-refractivity contribution is -0.143. The zero-order chi connectivity index (χ0) is 79.7. The number of morpholine rings is 2. The molecule has 578 valence electrons. The van der Waals surface area contributed by atoms with Gasteiger partial charge in [0.25, 0.3) is 22.9 Å². The summed E-state index contributed by atoms with van der Waals surface area (Å²) in [6.07, 6.45) is 14.0. The number of ether oxygens (including phenoxy) is 4. The van der Waals surface area contributed by atoms with Crippen molar-refractivity contribution in [3.63, 3.8) is 0 Å². The van der Waals surface area contributed by atoms with Crippen molar-refractivity contribution >= 4 is 108 Å². The maximum Gasteiger partial charge on any atom is 0.495 e. The summed E-state index contributed by atoms with van der Waals surface area (Å²) in [5.41, 5.74) is 8.13. The Morgan fingerprint density at radius 1 is 0.562 bits per heavy atom. The third-order valence-electron chi connectivity index (χ3n) is 20.2. The van der Waals surface area contributed by atoms with Crippen LogP contribution >= 0.6 is 15.9 Å². The lowest BCUT2D eigenvalue weighted by Gasteiger charge is -2.32. The standard InChI is InChI=1S/C39H37FN6O5.C27H32BFN2O5.C18H17BrN4O2/c1-24(47)51-23-31-30(6-5-7-34(31)46-38(49)35-26(21-42-46)18-28(20-32(35)40)39(2,3)4)27-19-33(36-41-12-13-45(36)22-27)43-29-10-8-25(9-11-29)37(48)44-14-16-50-17-15-44;1-16(32)34-15-19-20(28-35-26(5,6)27(7,8)36-28)10-9-11-22(19)31-24(33)23-17(14-30-31)12-18(13-21(23)29)25(2,3)4;19-14-11-16(17-20-5-6-23(17)12-14)21-15-3-1-13(2-4-15)18(24)22-7-9-25-10-8-22/h5-13,18-22,43H,14-17,23H2,1-4H3;9-14H,15H2,1-8H3;1-6,11-12,21H,7-10H2. The van der Waals surface area contributed by atoms with Crippen molar-refractivity contribution in [2.45, 2.75) is 118 Å². The molecular weight excluding hydrogens is 1500 g/mol. The highest BCUT2D eigenvalue weighted by atomic mass is 79.9. The Morgan fingerprint density at radius 3 is 1.45 bits per heavy atom. The van der Waals surface area contributed by atoms with E-state index in [2.05, 4.69) is 46.7 Å². The molecule has 0 saturated carbocycles. The lowest BCUT2D eigenvalue weighted by atomic mass is 9.75. The van der Waals surface area contributed by atoms with Crippen LogP contribution in [0.1, 0.15) is 126 Å². The topological polar surface area (TPSA) is 259 Å². The summed E-state index contributed by atoms with van der Waals surface area (Å²) in [6, 6.07) is 35.6. The van der Waals surface area contributed by atoms with Gasteiger partial charge in [-0.15, -0.1) is 0 Å². The van der Waals surface area contributed by atoms with Crippen molar-refractivity contribution < 1.29 is 56.2 Å². The van der Waals surface area contributed by atoms with Gasteiger partial charge in [0.15, 0.2) is 11.3 Å². The zero-order valence-corrected chi connectivity index (χ0v) is 65.9. The van der Waals surface area contributed by atoms with Crippen LogP contribution in [0.3, 0.4) is 0 Å². The third kappa shape index (κ3) is 17.0. The molecule has 2 N–H and O–H groups in total. The number of nitrogens with zero attached hydrogens (tertiary/aromatic N) is 10. The molecule has 28 heteroatoms. The van der Waals surface area contributed by atoms with E-state index in [-0.39, 0.29) is 46.6 Å². The van der Waals surface area contributed by atoms with E-state index in [0.29, 0.717) is 119 Å². The summed E-state index contributed by atoms with van der Waals surface area (Å²) < 4.78 is 71.8. The Labute approximate surface area is 653 Å². The SMILES string of the molecule is CC(=O)OCc1c(-c2cc(Nc3ccc(C(=O)N4CCOCC4)cc3)c3nccn3c2)cccc1-n1ncc2cc(C(C)(C)C)cc(F)c2c1=O.CC(=O)OCc1c(B2OC(C)(C)C(C)(C)O2)cccc1-n1ncc2cc(C(C)(C)C)cc(F)c2c1=O.O=C(c1ccc(Nc2cc(Br)cn3ccnc23)cc1)N1CCOCC1. The quantitative estimate of drug-likeness (QED) is 0.0757. The van der Waals surface area contributed by atoms with E-state index in [1.165, 1.54) is 38.4 Å². The fraction of sp³-hybridized carbons (Fsp3) is 0.310. The number of carbonyl (C=O) groups is 4. The number of hydrogen-bond donors (Lipinski definition) is 2. The molecule has 3 aliphatic heterocycles. The van der Waals surface area contributed by atoms with Gasteiger partial charge in [-0.3, -0.25) is 28.8 Å². The summed E-state index contributed by atoms with van der Waals surface area (Å²) in [4.78, 5) is 89.2. The van der Waals surface area contributed by atoms with E-state index in [1.807, 2.05) is 162 Å². The van der Waals surface area contributed by atoms with Gasteiger partial charge < -0.3 is 57.5 Å². The van der Waals surface area contributed by atoms with Crippen LogP contribution in [-0.2, 0) is 61.9 Å². The Bertz CT molecular complexity index is 5710. The van der Waals surface area contributed by atoms with E-state index in [1.54, 1.807) is 71.9 Å². The second kappa shape index (κ2) is 32.2. The summed E-state index contributed by atoms with van der Waals surface area (Å²) in [5, 5.41) is 16.3. The van der Waals surface area contributed by atoms with Crippen molar-refractivity contribution in [3.8, 4) is 22.5 Å². The van der Waals surface area contributed by atoms with Gasteiger partial charge >= 0.3 is 19.1 Å². The molecular formula is C84H86BBrF2N12O12. The highest BCUT2D eigenvalue weighted by molar-refractivity contribution is 9.10. The normalized spacial score (nSPS) is 14.9. The Kier molecular flexibility index (Phi) is 22.7. The summed E-state index contributed by atoms with van der Waals surface area (Å²) in [5.74, 6) is -2.21. The first-order valence-corrected chi connectivity index (χ1v) is 37.5. The molecule has 2 amide bonds. The Hall–Kier alpha value is -11.3.